The second-order valence-electron chi connectivity index (χ2n) is 5.81. The molecule has 0 radical (unpaired) electrons. The fraction of sp³-hybridized carbons (Fsp3) is 0.263. The van der Waals surface area contributed by atoms with Gasteiger partial charge in [0.1, 0.15) is 5.75 Å². The topological polar surface area (TPSA) is 75.8 Å². The Kier molecular flexibility index (Phi) is 4.88. The van der Waals surface area contributed by atoms with Crippen molar-refractivity contribution >= 4 is 16.9 Å². The van der Waals surface area contributed by atoms with Gasteiger partial charge in [-0.25, -0.2) is 0 Å². The molecule has 130 valence electrons. The van der Waals surface area contributed by atoms with E-state index in [1.165, 1.54) is 11.6 Å². The number of anilines is 1. The molecule has 0 saturated heterocycles. The van der Waals surface area contributed by atoms with Crippen molar-refractivity contribution in [2.75, 3.05) is 24.6 Å². The molecule has 0 amide bonds. The van der Waals surface area contributed by atoms with E-state index in [-0.39, 0.29) is 11.4 Å². The van der Waals surface area contributed by atoms with Gasteiger partial charge in [-0.3, -0.25) is 10.1 Å². The van der Waals surface area contributed by atoms with Crippen molar-refractivity contribution in [1.29, 1.82) is 0 Å². The summed E-state index contributed by atoms with van der Waals surface area (Å²) in [6.07, 6.45) is 3.02. The lowest BCUT2D eigenvalue weighted by Crippen LogP contribution is -2.28. The highest BCUT2D eigenvalue weighted by molar-refractivity contribution is 5.70. The number of ether oxygens (including phenoxy) is 1. The predicted octanol–water partition coefficient (Wildman–Crippen LogP) is 3.99. The van der Waals surface area contributed by atoms with Crippen LogP contribution in [0.15, 0.2) is 48.5 Å². The number of phenolic OH excluding ortho intramolecular Hbond substituents is 1. The first kappa shape index (κ1) is 16.8. The first-order valence-electron chi connectivity index (χ1n) is 8.23. The molecule has 0 atom stereocenters. The summed E-state index contributed by atoms with van der Waals surface area (Å²) in [5, 5.41) is 20.5. The lowest BCUT2D eigenvalue weighted by molar-refractivity contribution is -0.385. The molecule has 0 spiro atoms. The minimum atomic E-state index is -0.423. The van der Waals surface area contributed by atoms with Crippen LogP contribution in [-0.2, 0) is 0 Å². The van der Waals surface area contributed by atoms with Crippen LogP contribution in [0.3, 0.4) is 0 Å². The molecule has 0 saturated carbocycles. The third-order valence-electron chi connectivity index (χ3n) is 4.25. The van der Waals surface area contributed by atoms with E-state index in [2.05, 4.69) is 11.0 Å². The Balaban J connectivity index is 1.79. The number of hydrogen-bond donors (Lipinski definition) is 1. The molecular weight excluding hydrogens is 320 g/mol. The van der Waals surface area contributed by atoms with Gasteiger partial charge in [0.2, 0.25) is 0 Å². The van der Waals surface area contributed by atoms with Crippen LogP contribution in [0.1, 0.15) is 18.9 Å². The first-order chi connectivity index (χ1) is 12.1. The molecule has 2 aromatic rings. The Morgan fingerprint density at radius 2 is 2.00 bits per heavy atom. The molecule has 25 heavy (non-hydrogen) atoms. The summed E-state index contributed by atoms with van der Waals surface area (Å²) in [6, 6.07) is 12.2. The smallest absolute Gasteiger partial charge is 0.311 e. The summed E-state index contributed by atoms with van der Waals surface area (Å²) in [7, 11) is 0. The Bertz CT molecular complexity index is 800. The van der Waals surface area contributed by atoms with Crippen LogP contribution < -0.4 is 9.64 Å². The van der Waals surface area contributed by atoms with Crippen LogP contribution in [0.25, 0.3) is 5.57 Å². The summed E-state index contributed by atoms with van der Waals surface area (Å²) in [4.78, 5) is 12.8. The maximum absolute atomic E-state index is 11.1. The number of phenols is 1. The van der Waals surface area contributed by atoms with Gasteiger partial charge in [-0.15, -0.1) is 0 Å². The van der Waals surface area contributed by atoms with Crippen molar-refractivity contribution in [3.63, 3.8) is 0 Å². The van der Waals surface area contributed by atoms with Crippen LogP contribution in [0.2, 0.25) is 0 Å². The summed E-state index contributed by atoms with van der Waals surface area (Å²) in [5.74, 6) is 0.564. The van der Waals surface area contributed by atoms with Crippen molar-refractivity contribution in [3.05, 3.63) is 64.2 Å². The number of aromatic hydroxyl groups is 1. The van der Waals surface area contributed by atoms with Gasteiger partial charge >= 0.3 is 5.69 Å². The molecule has 2 aromatic carbocycles. The zero-order valence-corrected chi connectivity index (χ0v) is 14.0. The van der Waals surface area contributed by atoms with Gasteiger partial charge in [-0.1, -0.05) is 18.2 Å². The number of rotatable bonds is 5. The zero-order valence-electron chi connectivity index (χ0n) is 14.0. The zero-order chi connectivity index (χ0) is 17.8. The van der Waals surface area contributed by atoms with Crippen LogP contribution in [0.5, 0.6) is 11.5 Å². The Morgan fingerprint density at radius 1 is 1.24 bits per heavy atom. The molecule has 6 nitrogen and oxygen atoms in total. The second kappa shape index (κ2) is 7.25. The third-order valence-corrected chi connectivity index (χ3v) is 4.25. The molecule has 3 rings (SSSR count). The van der Waals surface area contributed by atoms with Crippen molar-refractivity contribution < 1.29 is 14.8 Å². The van der Waals surface area contributed by atoms with Crippen LogP contribution >= 0.6 is 0 Å². The molecule has 6 heteroatoms. The van der Waals surface area contributed by atoms with Gasteiger partial charge < -0.3 is 14.7 Å². The number of hydrogen-bond acceptors (Lipinski definition) is 5. The summed E-state index contributed by atoms with van der Waals surface area (Å²) >= 11 is 0. The molecule has 0 unspecified atom stereocenters. The van der Waals surface area contributed by atoms with Crippen molar-refractivity contribution in [3.8, 4) is 11.5 Å². The van der Waals surface area contributed by atoms with E-state index in [1.54, 1.807) is 24.3 Å². The quantitative estimate of drug-likeness (QED) is 0.658. The number of nitro groups is 1. The molecular formula is C19H20N2O4. The summed E-state index contributed by atoms with van der Waals surface area (Å²) < 4.78 is 5.42. The fourth-order valence-corrected chi connectivity index (χ4v) is 2.96. The van der Waals surface area contributed by atoms with E-state index >= 15 is 0 Å². The average molecular weight is 340 g/mol. The van der Waals surface area contributed by atoms with Gasteiger partial charge in [-0.05, 0) is 42.7 Å². The predicted molar refractivity (Wildman–Crippen MR) is 97.2 cm³/mol. The van der Waals surface area contributed by atoms with Crippen molar-refractivity contribution in [2.24, 2.45) is 0 Å². The average Bonchev–Trinajstić information content (AvgIpc) is 2.62. The minimum absolute atomic E-state index is 0.0112. The van der Waals surface area contributed by atoms with Gasteiger partial charge in [0.15, 0.2) is 5.75 Å². The van der Waals surface area contributed by atoms with Crippen molar-refractivity contribution in [1.82, 2.24) is 0 Å². The minimum Gasteiger partial charge on any atom is -0.508 e. The Labute approximate surface area is 146 Å². The molecule has 1 heterocycles. The molecule has 0 aromatic heterocycles. The number of benzene rings is 2. The standard InChI is InChI=1S/C19H20N2O4/c1-2-25-19-13-16(5-8-18(19)21(23)24)20-11-9-15(10-12-20)14-3-6-17(22)7-4-14/h3-9,13,22H,2,10-12H2,1H3. The fourth-order valence-electron chi connectivity index (χ4n) is 2.96. The Morgan fingerprint density at radius 3 is 2.60 bits per heavy atom. The lowest BCUT2D eigenvalue weighted by atomic mass is 9.99. The molecule has 1 N–H and O–H groups in total. The van der Waals surface area contributed by atoms with E-state index in [0.717, 1.165) is 30.8 Å². The largest absolute Gasteiger partial charge is 0.508 e. The third kappa shape index (κ3) is 3.74. The highest BCUT2D eigenvalue weighted by Gasteiger charge is 2.19. The first-order valence-corrected chi connectivity index (χ1v) is 8.23. The van der Waals surface area contributed by atoms with Crippen LogP contribution in [0, 0.1) is 10.1 Å². The monoisotopic (exact) mass is 340 g/mol. The molecule has 1 aliphatic rings. The maximum Gasteiger partial charge on any atom is 0.311 e. The maximum atomic E-state index is 11.1. The second-order valence-corrected chi connectivity index (χ2v) is 5.81. The van der Waals surface area contributed by atoms with Gasteiger partial charge in [0.25, 0.3) is 0 Å². The molecule has 0 aliphatic carbocycles. The van der Waals surface area contributed by atoms with E-state index in [0.29, 0.717) is 12.4 Å². The van der Waals surface area contributed by atoms with Crippen LogP contribution in [-0.4, -0.2) is 29.7 Å². The Hall–Kier alpha value is -3.02. The van der Waals surface area contributed by atoms with Crippen molar-refractivity contribution in [2.45, 2.75) is 13.3 Å². The number of nitrogens with zero attached hydrogens (tertiary/aromatic N) is 2. The highest BCUT2D eigenvalue weighted by atomic mass is 16.6. The molecule has 1 aliphatic heterocycles. The summed E-state index contributed by atoms with van der Waals surface area (Å²) in [5.41, 5.74) is 3.25. The van der Waals surface area contributed by atoms with E-state index < -0.39 is 4.92 Å². The number of nitro benzene ring substituents is 1. The van der Waals surface area contributed by atoms with Crippen LogP contribution in [0.4, 0.5) is 11.4 Å². The van der Waals surface area contributed by atoms with E-state index in [4.69, 9.17) is 4.74 Å². The van der Waals surface area contributed by atoms with Gasteiger partial charge in [0, 0.05) is 30.9 Å². The van der Waals surface area contributed by atoms with Gasteiger partial charge in [0.05, 0.1) is 11.5 Å². The van der Waals surface area contributed by atoms with Gasteiger partial charge in [-0.2, -0.15) is 0 Å². The molecule has 0 bridgehead atoms. The normalized spacial score (nSPS) is 14.1. The van der Waals surface area contributed by atoms with E-state index in [1.807, 2.05) is 19.1 Å². The summed E-state index contributed by atoms with van der Waals surface area (Å²) in [6.45, 7) is 3.73. The highest BCUT2D eigenvalue weighted by Crippen LogP contribution is 2.33. The molecule has 0 fully saturated rings. The SMILES string of the molecule is CCOc1cc(N2CC=C(c3ccc(O)cc3)CC2)ccc1[N+](=O)[O-]. The van der Waals surface area contributed by atoms with E-state index in [9.17, 15) is 15.2 Å². The lowest BCUT2D eigenvalue weighted by Gasteiger charge is -2.29.